The lowest BCUT2D eigenvalue weighted by Crippen LogP contribution is -2.43. The number of nitrogens with zero attached hydrogens (tertiary/aromatic N) is 3. The molecule has 1 aromatic heterocycles. The molecule has 190 valence electrons. The molecule has 0 N–H and O–H groups in total. The van der Waals surface area contributed by atoms with Crippen molar-refractivity contribution >= 4 is 17.8 Å². The summed E-state index contributed by atoms with van der Waals surface area (Å²) in [5.74, 6) is 0.217. The van der Waals surface area contributed by atoms with Crippen molar-refractivity contribution in [3.05, 3.63) is 41.1 Å². The van der Waals surface area contributed by atoms with Crippen LogP contribution in [0.4, 0.5) is 0 Å². The Hall–Kier alpha value is -3.16. The maximum atomic E-state index is 13.3. The lowest BCUT2D eigenvalue weighted by Gasteiger charge is -2.32. The van der Waals surface area contributed by atoms with E-state index in [0.29, 0.717) is 51.4 Å². The second-order valence-corrected chi connectivity index (χ2v) is 9.70. The average Bonchev–Trinajstić information content (AvgIpc) is 3.32. The number of aromatic nitrogens is 1. The van der Waals surface area contributed by atoms with Crippen LogP contribution in [-0.4, -0.2) is 65.5 Å². The molecule has 1 aliphatic heterocycles. The molecule has 0 spiro atoms. The van der Waals surface area contributed by atoms with Crippen molar-refractivity contribution in [2.75, 3.05) is 32.8 Å². The molecule has 35 heavy (non-hydrogen) atoms. The van der Waals surface area contributed by atoms with Crippen molar-refractivity contribution in [2.24, 2.45) is 11.8 Å². The Kier molecular flexibility index (Phi) is 9.07. The van der Waals surface area contributed by atoms with Crippen LogP contribution in [0.25, 0.3) is 11.3 Å². The van der Waals surface area contributed by atoms with Crippen molar-refractivity contribution in [3.8, 4) is 11.3 Å². The summed E-state index contributed by atoms with van der Waals surface area (Å²) >= 11 is 0. The molecule has 1 aliphatic rings. The Balaban J connectivity index is 1.62. The van der Waals surface area contributed by atoms with Crippen molar-refractivity contribution in [3.63, 3.8) is 0 Å². The quantitative estimate of drug-likeness (QED) is 0.495. The molecule has 2 aromatic rings. The minimum absolute atomic E-state index is 0.00917. The molecule has 0 bridgehead atoms. The Morgan fingerprint density at radius 3 is 2.54 bits per heavy atom. The second-order valence-electron chi connectivity index (χ2n) is 9.70. The first-order valence-corrected chi connectivity index (χ1v) is 12.5. The van der Waals surface area contributed by atoms with Crippen molar-refractivity contribution in [2.45, 2.75) is 53.9 Å². The smallest absolute Gasteiger partial charge is 0.309 e. The number of piperidine rings is 1. The van der Waals surface area contributed by atoms with Gasteiger partial charge in [-0.3, -0.25) is 14.4 Å². The minimum Gasteiger partial charge on any atom is -0.466 e. The predicted molar refractivity (Wildman–Crippen MR) is 133 cm³/mol. The number of hydrogen-bond acceptors (Lipinski definition) is 6. The van der Waals surface area contributed by atoms with E-state index in [9.17, 15) is 14.4 Å². The van der Waals surface area contributed by atoms with Gasteiger partial charge < -0.3 is 19.1 Å². The van der Waals surface area contributed by atoms with Gasteiger partial charge in [0.15, 0.2) is 11.5 Å². The topological polar surface area (TPSA) is 93.0 Å². The fourth-order valence-corrected chi connectivity index (χ4v) is 4.40. The van der Waals surface area contributed by atoms with Gasteiger partial charge >= 0.3 is 5.97 Å². The number of likely N-dealkylation sites (tertiary alicyclic amines) is 1. The van der Waals surface area contributed by atoms with Crippen LogP contribution in [0.15, 0.2) is 28.8 Å². The highest BCUT2D eigenvalue weighted by Crippen LogP contribution is 2.26. The van der Waals surface area contributed by atoms with Crippen LogP contribution < -0.4 is 0 Å². The normalized spacial score (nSPS) is 14.3. The van der Waals surface area contributed by atoms with E-state index in [1.807, 2.05) is 45.9 Å². The van der Waals surface area contributed by atoms with Crippen molar-refractivity contribution in [1.82, 2.24) is 15.0 Å². The Bertz CT molecular complexity index is 1040. The summed E-state index contributed by atoms with van der Waals surface area (Å²) in [6.07, 6.45) is 1.45. The van der Waals surface area contributed by atoms with E-state index in [0.717, 1.165) is 16.7 Å². The zero-order chi connectivity index (χ0) is 25.5. The summed E-state index contributed by atoms with van der Waals surface area (Å²) in [4.78, 5) is 41.5. The van der Waals surface area contributed by atoms with Crippen LogP contribution in [-0.2, 0) is 14.3 Å². The van der Waals surface area contributed by atoms with E-state index in [2.05, 4.69) is 5.16 Å². The summed E-state index contributed by atoms with van der Waals surface area (Å²) in [6, 6.07) is 7.74. The molecule has 1 aromatic carbocycles. The highest BCUT2D eigenvalue weighted by atomic mass is 16.5. The third-order valence-corrected chi connectivity index (χ3v) is 6.32. The molecule has 0 radical (unpaired) electrons. The second kappa shape index (κ2) is 12.0. The number of aryl methyl sites for hydroxylation is 2. The molecule has 1 fully saturated rings. The summed E-state index contributed by atoms with van der Waals surface area (Å²) in [6.45, 7) is 12.1. The standard InChI is InChI=1S/C27H37N3O5/c1-6-34-27(33)21-9-12-29(13-10-21)25(31)11-14-30(17-18(2)3)26(32)23-16-24(35-28-23)22-15-19(4)7-8-20(22)5/h7-8,15-16,18,21H,6,9-14,17H2,1-5H3. The number of carbonyl (C=O) groups excluding carboxylic acids is 3. The lowest BCUT2D eigenvalue weighted by atomic mass is 9.97. The largest absolute Gasteiger partial charge is 0.466 e. The molecule has 2 heterocycles. The van der Waals surface area contributed by atoms with Gasteiger partial charge in [0, 0.05) is 44.2 Å². The molecule has 0 atom stereocenters. The van der Waals surface area contributed by atoms with Gasteiger partial charge in [-0.25, -0.2) is 0 Å². The molecule has 3 rings (SSSR count). The highest BCUT2D eigenvalue weighted by molar-refractivity contribution is 5.93. The van der Waals surface area contributed by atoms with Gasteiger partial charge in [-0.1, -0.05) is 36.7 Å². The molecule has 0 saturated carbocycles. The summed E-state index contributed by atoms with van der Waals surface area (Å²) < 4.78 is 10.6. The third-order valence-electron chi connectivity index (χ3n) is 6.32. The SMILES string of the molecule is CCOC(=O)C1CCN(C(=O)CCN(CC(C)C)C(=O)c2cc(-c3cc(C)ccc3C)on2)CC1. The van der Waals surface area contributed by atoms with E-state index in [4.69, 9.17) is 9.26 Å². The zero-order valence-electron chi connectivity index (χ0n) is 21.5. The minimum atomic E-state index is -0.243. The monoisotopic (exact) mass is 483 g/mol. The van der Waals surface area contributed by atoms with Crippen LogP contribution in [0.5, 0.6) is 0 Å². The van der Waals surface area contributed by atoms with Crippen LogP contribution >= 0.6 is 0 Å². The molecule has 0 aliphatic carbocycles. The summed E-state index contributed by atoms with van der Waals surface area (Å²) in [5, 5.41) is 4.04. The lowest BCUT2D eigenvalue weighted by molar-refractivity contribution is -0.151. The predicted octanol–water partition coefficient (Wildman–Crippen LogP) is 4.25. The Morgan fingerprint density at radius 2 is 1.89 bits per heavy atom. The maximum absolute atomic E-state index is 13.3. The van der Waals surface area contributed by atoms with E-state index in [-0.39, 0.29) is 41.7 Å². The van der Waals surface area contributed by atoms with Gasteiger partial charge in [-0.05, 0) is 51.2 Å². The molecule has 8 nitrogen and oxygen atoms in total. The summed E-state index contributed by atoms with van der Waals surface area (Å²) in [7, 11) is 0. The van der Waals surface area contributed by atoms with Gasteiger partial charge in [0.2, 0.25) is 5.91 Å². The zero-order valence-corrected chi connectivity index (χ0v) is 21.5. The van der Waals surface area contributed by atoms with Gasteiger partial charge in [0.05, 0.1) is 12.5 Å². The number of amides is 2. The molecular formula is C27H37N3O5. The summed E-state index contributed by atoms with van der Waals surface area (Å²) in [5.41, 5.74) is 3.29. The molecule has 8 heteroatoms. The number of ether oxygens (including phenoxy) is 1. The first-order valence-electron chi connectivity index (χ1n) is 12.5. The fraction of sp³-hybridized carbons (Fsp3) is 0.556. The van der Waals surface area contributed by atoms with Crippen LogP contribution in [0.2, 0.25) is 0 Å². The Labute approximate surface area is 207 Å². The van der Waals surface area contributed by atoms with Crippen LogP contribution in [0.3, 0.4) is 0 Å². The molecule has 1 saturated heterocycles. The first kappa shape index (κ1) is 26.4. The van der Waals surface area contributed by atoms with Crippen LogP contribution in [0.1, 0.15) is 61.6 Å². The van der Waals surface area contributed by atoms with E-state index in [1.54, 1.807) is 22.8 Å². The van der Waals surface area contributed by atoms with Gasteiger partial charge in [0.1, 0.15) is 0 Å². The number of benzene rings is 1. The van der Waals surface area contributed by atoms with Gasteiger partial charge in [-0.15, -0.1) is 0 Å². The molecule has 2 amide bonds. The molecular weight excluding hydrogens is 446 g/mol. The van der Waals surface area contributed by atoms with Crippen LogP contribution in [0, 0.1) is 25.7 Å². The van der Waals surface area contributed by atoms with Gasteiger partial charge in [-0.2, -0.15) is 0 Å². The first-order chi connectivity index (χ1) is 16.7. The average molecular weight is 484 g/mol. The van der Waals surface area contributed by atoms with Gasteiger partial charge in [0.25, 0.3) is 5.91 Å². The number of rotatable bonds is 9. The fourth-order valence-electron chi connectivity index (χ4n) is 4.40. The molecule has 0 unspecified atom stereocenters. The maximum Gasteiger partial charge on any atom is 0.309 e. The van der Waals surface area contributed by atoms with E-state index in [1.165, 1.54) is 0 Å². The number of carbonyl (C=O) groups is 3. The highest BCUT2D eigenvalue weighted by Gasteiger charge is 2.29. The number of esters is 1. The van der Waals surface area contributed by atoms with E-state index < -0.39 is 0 Å². The Morgan fingerprint density at radius 1 is 1.17 bits per heavy atom. The number of hydrogen-bond donors (Lipinski definition) is 0. The van der Waals surface area contributed by atoms with Crippen molar-refractivity contribution in [1.29, 1.82) is 0 Å². The van der Waals surface area contributed by atoms with Crippen molar-refractivity contribution < 1.29 is 23.6 Å². The van der Waals surface area contributed by atoms with E-state index >= 15 is 0 Å². The third kappa shape index (κ3) is 6.93.